The molecule has 0 spiro atoms. The van der Waals surface area contributed by atoms with Crippen molar-refractivity contribution in [3.8, 4) is 17.6 Å². The fourth-order valence-corrected chi connectivity index (χ4v) is 6.68. The first kappa shape index (κ1) is 30.1. The van der Waals surface area contributed by atoms with Crippen LogP contribution in [0.4, 0.5) is 20.3 Å². The molecule has 0 aliphatic carbocycles. The van der Waals surface area contributed by atoms with Gasteiger partial charge in [-0.15, -0.1) is 0 Å². The van der Waals surface area contributed by atoms with Crippen molar-refractivity contribution in [3.63, 3.8) is 0 Å². The number of carbonyl (C=O) groups excluding carboxylic acids is 1. The van der Waals surface area contributed by atoms with Crippen molar-refractivity contribution >= 4 is 42.3 Å². The van der Waals surface area contributed by atoms with Crippen molar-refractivity contribution in [2.45, 2.75) is 43.1 Å². The minimum atomic E-state index is -1.02. The molecule has 12 heteroatoms. The van der Waals surface area contributed by atoms with Gasteiger partial charge < -0.3 is 4.74 Å². The van der Waals surface area contributed by atoms with E-state index < -0.39 is 26.2 Å². The summed E-state index contributed by atoms with van der Waals surface area (Å²) in [6.07, 6.45) is -0.328. The van der Waals surface area contributed by atoms with Gasteiger partial charge in [0.25, 0.3) is 0 Å². The van der Waals surface area contributed by atoms with Gasteiger partial charge in [0, 0.05) is 0 Å². The summed E-state index contributed by atoms with van der Waals surface area (Å²) >= 11 is -0.504. The molecule has 2 saturated heterocycles. The fraction of sp³-hybridized carbons (Fsp3) is 0.467. The Balaban J connectivity index is 1.32. The molecule has 0 radical (unpaired) electrons. The van der Waals surface area contributed by atoms with Crippen molar-refractivity contribution in [2.75, 3.05) is 57.6 Å². The first-order chi connectivity index (χ1) is 20.2. The molecular formula is C30H36F2N6O3Se. The molecule has 9 nitrogen and oxygen atoms in total. The van der Waals surface area contributed by atoms with E-state index in [4.69, 9.17) is 14.6 Å². The molecule has 0 bridgehead atoms. The van der Waals surface area contributed by atoms with Gasteiger partial charge in [0.1, 0.15) is 0 Å². The number of amides is 1. The van der Waals surface area contributed by atoms with E-state index >= 15 is 0 Å². The van der Waals surface area contributed by atoms with Crippen molar-refractivity contribution in [1.82, 2.24) is 19.8 Å². The van der Waals surface area contributed by atoms with Gasteiger partial charge in [0.2, 0.25) is 0 Å². The first-order valence-corrected chi connectivity index (χ1v) is 15.7. The first-order valence-electron chi connectivity index (χ1n) is 13.9. The van der Waals surface area contributed by atoms with Crippen LogP contribution < -0.4 is 25.1 Å². The van der Waals surface area contributed by atoms with Gasteiger partial charge >= 0.3 is 221 Å². The number of hydrogen-bond acceptors (Lipinski definition) is 7. The number of likely N-dealkylation sites (tertiary alicyclic amines) is 1. The zero-order valence-electron chi connectivity index (χ0n) is 24.2. The van der Waals surface area contributed by atoms with Crippen LogP contribution in [-0.2, 0) is 4.74 Å². The van der Waals surface area contributed by atoms with Crippen LogP contribution in [0.3, 0.4) is 0 Å². The molecule has 42 heavy (non-hydrogen) atoms. The average molecular weight is 646 g/mol. The van der Waals surface area contributed by atoms with E-state index in [2.05, 4.69) is 27.8 Å². The number of nitrogens with one attached hydrogen (secondary N) is 3. The monoisotopic (exact) mass is 646 g/mol. The summed E-state index contributed by atoms with van der Waals surface area (Å²) < 4.78 is 42.2. The van der Waals surface area contributed by atoms with Gasteiger partial charge in [-0.1, -0.05) is 0 Å². The van der Waals surface area contributed by atoms with Crippen LogP contribution in [0.1, 0.15) is 36.3 Å². The molecule has 5 rings (SSSR count). The maximum atomic E-state index is 14.7. The fourth-order valence-electron chi connectivity index (χ4n) is 5.00. The van der Waals surface area contributed by atoms with Crippen LogP contribution in [0.15, 0.2) is 36.4 Å². The number of pyridine rings is 1. The predicted molar refractivity (Wildman–Crippen MR) is 161 cm³/mol. The molecule has 3 unspecified atom stereocenters. The average Bonchev–Trinajstić information content (AvgIpc) is 3.29. The number of aromatic nitrogens is 2. The summed E-state index contributed by atoms with van der Waals surface area (Å²) in [5, 5.41) is 13.2. The minimum absolute atomic E-state index is 0.194. The third kappa shape index (κ3) is 6.81. The normalized spacial score (nSPS) is 20.6. The molecule has 3 atom stereocenters. The van der Waals surface area contributed by atoms with E-state index in [1.165, 1.54) is 6.92 Å². The Morgan fingerprint density at radius 3 is 2.83 bits per heavy atom. The molecule has 3 aromatic rings. The number of ether oxygens (including phenoxy) is 2. The molecule has 2 fully saturated rings. The Morgan fingerprint density at radius 2 is 2.14 bits per heavy atom. The Kier molecular flexibility index (Phi) is 9.23. The zero-order valence-corrected chi connectivity index (χ0v) is 25.9. The van der Waals surface area contributed by atoms with Crippen LogP contribution in [-0.4, -0.2) is 105 Å². The van der Waals surface area contributed by atoms with E-state index in [1.54, 1.807) is 29.8 Å². The number of halogens is 2. The predicted octanol–water partition coefficient (Wildman–Crippen LogP) is 2.42. The van der Waals surface area contributed by atoms with Gasteiger partial charge in [0.05, 0.1) is 18.8 Å². The Bertz CT molecular complexity index is 1500. The molecular weight excluding hydrogens is 609 g/mol. The summed E-state index contributed by atoms with van der Waals surface area (Å²) in [5.41, 5.74) is 2.08. The van der Waals surface area contributed by atoms with Crippen molar-refractivity contribution < 1.29 is 23.0 Å². The number of nitrogens with zero attached hydrogens (tertiary/aromatic N) is 3. The maximum absolute atomic E-state index is 14.7. The number of anilines is 2. The van der Waals surface area contributed by atoms with Gasteiger partial charge in [-0.2, -0.15) is 0 Å². The Labute approximate surface area is 250 Å². The molecule has 2 aliphatic heterocycles. The second kappa shape index (κ2) is 12.9. The van der Waals surface area contributed by atoms with Gasteiger partial charge in [-0.25, -0.2) is 0 Å². The number of alkyl halides is 2. The van der Waals surface area contributed by atoms with E-state index in [0.29, 0.717) is 54.7 Å². The quantitative estimate of drug-likeness (QED) is 0.243. The summed E-state index contributed by atoms with van der Waals surface area (Å²) in [6, 6.07) is 10.5. The van der Waals surface area contributed by atoms with Crippen molar-refractivity contribution in [2.24, 2.45) is 0 Å². The molecule has 2 aliphatic rings. The van der Waals surface area contributed by atoms with E-state index in [0.717, 1.165) is 16.5 Å². The summed E-state index contributed by atoms with van der Waals surface area (Å²) in [5.74, 6) is 7.17. The van der Waals surface area contributed by atoms with Crippen molar-refractivity contribution in [3.05, 3.63) is 47.7 Å². The number of hydrogen-bond donors (Lipinski definition) is 3. The van der Waals surface area contributed by atoms with Gasteiger partial charge in [0.15, 0.2) is 0 Å². The number of piperidine rings is 1. The molecule has 224 valence electrons. The van der Waals surface area contributed by atoms with Crippen LogP contribution in [0.5, 0.6) is 5.75 Å². The summed E-state index contributed by atoms with van der Waals surface area (Å²) in [4.78, 5) is 14.7. The third-order valence-electron chi connectivity index (χ3n) is 7.26. The Hall–Kier alpha value is -3.36. The zero-order chi connectivity index (χ0) is 29.9. The Morgan fingerprint density at radius 1 is 1.33 bits per heavy atom. The van der Waals surface area contributed by atoms with E-state index in [9.17, 15) is 13.6 Å². The van der Waals surface area contributed by atoms with Gasteiger partial charge in [-0.05, 0) is 6.92 Å². The summed E-state index contributed by atoms with van der Waals surface area (Å²) in [6.45, 7) is 5.90. The van der Waals surface area contributed by atoms with Crippen LogP contribution in [0, 0.1) is 11.8 Å². The second-order valence-corrected chi connectivity index (χ2v) is 13.7. The third-order valence-corrected chi connectivity index (χ3v) is 9.29. The number of rotatable bonds is 9. The number of carbonyl (C=O) groups is 1. The second-order valence-electron chi connectivity index (χ2n) is 10.9. The molecule has 4 heterocycles. The van der Waals surface area contributed by atoms with Crippen molar-refractivity contribution in [1.29, 1.82) is 0 Å². The molecule has 3 N–H and O–H groups in total. The standard InChI is InChI=1S/C30H36F2N6O3Se/c1-19(31)42-28-24(36-38-25(28)8-5-9-27(38)34-22-12-14-37(3)16-21(22)32)7-6-13-33-23-11-10-20(15-26(23)40-4)29(39)35-30(2)17-41-18-30/h5,8-11,15,19,21-22,33-34H,12-14,16-18H2,1-4H3,(H,35,39). The number of methoxy groups -OCH3 is 1. The van der Waals surface area contributed by atoms with Crippen LogP contribution in [0.25, 0.3) is 5.52 Å². The number of benzene rings is 1. The van der Waals surface area contributed by atoms with Crippen LogP contribution in [0.2, 0.25) is 0 Å². The van der Waals surface area contributed by atoms with E-state index in [-0.39, 0.29) is 24.0 Å². The topological polar surface area (TPSA) is 92.2 Å². The SMILES string of the molecule is COc1cc(C(=O)NC2(C)COC2)ccc1NCC#Cc1nn2c(NC3CCN(C)CC3F)cccc2c1[Se]C(C)F. The summed E-state index contributed by atoms with van der Waals surface area (Å²) in [7, 11) is 3.46. The molecule has 0 saturated carbocycles. The molecule has 2 aromatic heterocycles. The van der Waals surface area contributed by atoms with Gasteiger partial charge in [-0.3, -0.25) is 0 Å². The number of fused-ring (bicyclic) bond motifs is 1. The molecule has 1 aromatic carbocycles. The van der Waals surface area contributed by atoms with Crippen LogP contribution >= 0.6 is 0 Å². The molecule has 1 amide bonds. The van der Waals surface area contributed by atoms with E-state index in [1.807, 2.05) is 37.1 Å².